The number of carbonyl (C=O) groups excluding carboxylic acids is 1. The van der Waals surface area contributed by atoms with Crippen LogP contribution >= 0.6 is 0 Å². The molecule has 1 atom stereocenters. The van der Waals surface area contributed by atoms with Gasteiger partial charge in [-0.2, -0.15) is 0 Å². The van der Waals surface area contributed by atoms with Crippen molar-refractivity contribution in [2.45, 2.75) is 20.3 Å². The molecule has 0 saturated heterocycles. The van der Waals surface area contributed by atoms with Crippen molar-refractivity contribution in [3.63, 3.8) is 0 Å². The highest BCUT2D eigenvalue weighted by Gasteiger charge is 2.16. The van der Waals surface area contributed by atoms with E-state index in [0.717, 1.165) is 6.42 Å². The minimum absolute atomic E-state index is 0.417. The lowest BCUT2D eigenvalue weighted by molar-refractivity contribution is 0.476. The molecule has 1 heteroatoms. The van der Waals surface area contributed by atoms with E-state index in [0.29, 0.717) is 0 Å². The average Bonchev–Trinajstić information content (AvgIpc) is 1.87. The van der Waals surface area contributed by atoms with Crippen LogP contribution in [0.4, 0.5) is 0 Å². The Morgan fingerprint density at radius 3 is 2.38 bits per heavy atom. The highest BCUT2D eigenvalue weighted by atomic mass is 16.1. The number of allylic oxidation sites excluding steroid dienone is 1. The Bertz CT molecular complexity index is 86.6. The van der Waals surface area contributed by atoms with Crippen molar-refractivity contribution in [3.05, 3.63) is 12.7 Å². The Balaban J connectivity index is 3.96. The summed E-state index contributed by atoms with van der Waals surface area (Å²) in [4.78, 5) is 10.1. The van der Waals surface area contributed by atoms with Crippen molar-refractivity contribution in [2.24, 2.45) is 5.41 Å². The van der Waals surface area contributed by atoms with E-state index in [2.05, 4.69) is 6.58 Å². The van der Waals surface area contributed by atoms with Crippen LogP contribution in [0.5, 0.6) is 0 Å². The maximum atomic E-state index is 10.1. The minimum atomic E-state index is -0.417. The summed E-state index contributed by atoms with van der Waals surface area (Å²) >= 11 is 0. The summed E-state index contributed by atoms with van der Waals surface area (Å²) in [6, 6.07) is 0. The fourth-order valence-electron chi connectivity index (χ4n) is 0.258. The summed E-state index contributed by atoms with van der Waals surface area (Å²) < 4.78 is 0. The Morgan fingerprint density at radius 2 is 2.38 bits per heavy atom. The quantitative estimate of drug-likeness (QED) is 0.506. The SMILES string of the molecule is C=CC(C)([C]=O)CC. The van der Waals surface area contributed by atoms with Gasteiger partial charge in [0.05, 0.1) is 5.41 Å². The maximum absolute atomic E-state index is 10.1. The molecular formula is C7H11O. The molecule has 0 fully saturated rings. The molecule has 0 aromatic carbocycles. The van der Waals surface area contributed by atoms with Gasteiger partial charge < -0.3 is 0 Å². The molecule has 0 amide bonds. The first kappa shape index (κ1) is 7.41. The van der Waals surface area contributed by atoms with Crippen LogP contribution in [0.3, 0.4) is 0 Å². The standard InChI is InChI=1S/C7H11O/c1-4-7(3,5-2)6-8/h4H,1,5H2,2-3H3. The molecule has 1 unspecified atom stereocenters. The highest BCUT2D eigenvalue weighted by Crippen LogP contribution is 2.17. The first-order valence-electron chi connectivity index (χ1n) is 2.71. The van der Waals surface area contributed by atoms with Crippen molar-refractivity contribution in [3.8, 4) is 0 Å². The number of hydrogen-bond acceptors (Lipinski definition) is 1. The van der Waals surface area contributed by atoms with Gasteiger partial charge in [0.15, 0.2) is 0 Å². The second-order valence-corrected chi connectivity index (χ2v) is 2.08. The fraction of sp³-hybridized carbons (Fsp3) is 0.571. The first-order valence-corrected chi connectivity index (χ1v) is 2.71. The molecule has 8 heavy (non-hydrogen) atoms. The fourth-order valence-corrected chi connectivity index (χ4v) is 0.258. The van der Waals surface area contributed by atoms with Crippen LogP contribution in [0.2, 0.25) is 0 Å². The third kappa shape index (κ3) is 1.49. The predicted octanol–water partition coefficient (Wildman–Crippen LogP) is 1.70. The van der Waals surface area contributed by atoms with Gasteiger partial charge in [-0.05, 0) is 13.3 Å². The van der Waals surface area contributed by atoms with Gasteiger partial charge in [0, 0.05) is 0 Å². The Hall–Kier alpha value is -0.590. The summed E-state index contributed by atoms with van der Waals surface area (Å²) in [5.74, 6) is 0. The molecule has 0 bridgehead atoms. The molecule has 0 saturated carbocycles. The van der Waals surface area contributed by atoms with Crippen LogP contribution in [0.15, 0.2) is 12.7 Å². The lowest BCUT2D eigenvalue weighted by atomic mass is 9.90. The van der Waals surface area contributed by atoms with E-state index < -0.39 is 5.41 Å². The predicted molar refractivity (Wildman–Crippen MR) is 34.3 cm³/mol. The molecule has 1 radical (unpaired) electrons. The Labute approximate surface area is 50.4 Å². The lowest BCUT2D eigenvalue weighted by Crippen LogP contribution is -2.11. The highest BCUT2D eigenvalue weighted by molar-refractivity contribution is 5.62. The summed E-state index contributed by atoms with van der Waals surface area (Å²) in [5.41, 5.74) is -0.417. The second-order valence-electron chi connectivity index (χ2n) is 2.08. The van der Waals surface area contributed by atoms with Gasteiger partial charge >= 0.3 is 0 Å². The molecule has 0 spiro atoms. The van der Waals surface area contributed by atoms with Crippen LogP contribution in [-0.4, -0.2) is 6.29 Å². The van der Waals surface area contributed by atoms with E-state index in [1.54, 1.807) is 6.08 Å². The van der Waals surface area contributed by atoms with Gasteiger partial charge in [-0.15, -0.1) is 6.58 Å². The molecule has 0 aliphatic rings. The zero-order valence-corrected chi connectivity index (χ0v) is 5.40. The van der Waals surface area contributed by atoms with Crippen molar-refractivity contribution < 1.29 is 4.79 Å². The summed E-state index contributed by atoms with van der Waals surface area (Å²) in [6.45, 7) is 7.26. The maximum Gasteiger partial charge on any atom is 0.208 e. The van der Waals surface area contributed by atoms with Gasteiger partial charge in [0.25, 0.3) is 0 Å². The average molecular weight is 111 g/mol. The van der Waals surface area contributed by atoms with Crippen molar-refractivity contribution in [1.29, 1.82) is 0 Å². The molecule has 0 aromatic heterocycles. The molecule has 45 valence electrons. The van der Waals surface area contributed by atoms with E-state index in [1.165, 1.54) is 0 Å². The largest absolute Gasteiger partial charge is 0.290 e. The third-order valence-corrected chi connectivity index (χ3v) is 1.42. The molecule has 0 aromatic rings. The van der Waals surface area contributed by atoms with Crippen molar-refractivity contribution in [2.75, 3.05) is 0 Å². The Kier molecular flexibility index (Phi) is 2.46. The zero-order valence-electron chi connectivity index (χ0n) is 5.40. The summed E-state index contributed by atoms with van der Waals surface area (Å²) in [5, 5.41) is 0. The van der Waals surface area contributed by atoms with E-state index in [1.807, 2.05) is 20.1 Å². The van der Waals surface area contributed by atoms with Crippen molar-refractivity contribution in [1.82, 2.24) is 0 Å². The van der Waals surface area contributed by atoms with Gasteiger partial charge in [0.1, 0.15) is 0 Å². The van der Waals surface area contributed by atoms with E-state index in [4.69, 9.17) is 0 Å². The minimum Gasteiger partial charge on any atom is -0.290 e. The van der Waals surface area contributed by atoms with E-state index in [-0.39, 0.29) is 0 Å². The molecule has 0 aliphatic carbocycles. The molecular weight excluding hydrogens is 100 g/mol. The summed E-state index contributed by atoms with van der Waals surface area (Å²) in [7, 11) is 0. The van der Waals surface area contributed by atoms with Gasteiger partial charge in [-0.25, -0.2) is 0 Å². The van der Waals surface area contributed by atoms with Gasteiger partial charge in [0.2, 0.25) is 6.29 Å². The number of rotatable bonds is 3. The molecule has 0 rings (SSSR count). The van der Waals surface area contributed by atoms with Crippen LogP contribution in [-0.2, 0) is 4.79 Å². The smallest absolute Gasteiger partial charge is 0.208 e. The van der Waals surface area contributed by atoms with Crippen LogP contribution < -0.4 is 0 Å². The monoisotopic (exact) mass is 111 g/mol. The Morgan fingerprint density at radius 1 is 1.88 bits per heavy atom. The molecule has 1 nitrogen and oxygen atoms in total. The third-order valence-electron chi connectivity index (χ3n) is 1.42. The van der Waals surface area contributed by atoms with Crippen LogP contribution in [0.25, 0.3) is 0 Å². The normalized spacial score (nSPS) is 16.8. The van der Waals surface area contributed by atoms with Crippen molar-refractivity contribution >= 4 is 6.29 Å². The van der Waals surface area contributed by atoms with E-state index in [9.17, 15) is 4.79 Å². The van der Waals surface area contributed by atoms with Gasteiger partial charge in [-0.3, -0.25) is 4.79 Å². The number of hydrogen-bond donors (Lipinski definition) is 0. The van der Waals surface area contributed by atoms with Crippen LogP contribution in [0.1, 0.15) is 20.3 Å². The molecule has 0 aliphatic heterocycles. The zero-order chi connectivity index (χ0) is 6.62. The van der Waals surface area contributed by atoms with E-state index >= 15 is 0 Å². The molecule has 0 N–H and O–H groups in total. The molecule has 0 heterocycles. The lowest BCUT2D eigenvalue weighted by Gasteiger charge is -2.11. The topological polar surface area (TPSA) is 17.1 Å². The van der Waals surface area contributed by atoms with Crippen LogP contribution in [0, 0.1) is 5.41 Å². The van der Waals surface area contributed by atoms with Gasteiger partial charge in [-0.1, -0.05) is 13.0 Å². The summed E-state index contributed by atoms with van der Waals surface area (Å²) in [6.07, 6.45) is 4.31. The second kappa shape index (κ2) is 2.65. The first-order chi connectivity index (χ1) is 3.68.